The predicted octanol–water partition coefficient (Wildman–Crippen LogP) is 2.78. The molecule has 2 aromatic carbocycles. The Bertz CT molecular complexity index is 1000. The van der Waals surface area contributed by atoms with Gasteiger partial charge in [-0.15, -0.1) is 0 Å². The number of hydrogen-bond donors (Lipinski definition) is 1. The third-order valence-corrected chi connectivity index (χ3v) is 6.24. The first-order valence-corrected chi connectivity index (χ1v) is 10.2. The van der Waals surface area contributed by atoms with E-state index in [0.29, 0.717) is 12.1 Å². The fraction of sp³-hybridized carbons (Fsp3) is 0.333. The van der Waals surface area contributed by atoms with E-state index < -0.39 is 17.8 Å². The van der Waals surface area contributed by atoms with Gasteiger partial charge in [-0.1, -0.05) is 53.6 Å². The van der Waals surface area contributed by atoms with Crippen molar-refractivity contribution in [2.75, 3.05) is 4.90 Å². The molecular formula is C24H24N2O4. The molecule has 2 heterocycles. The Kier molecular flexibility index (Phi) is 5.24. The Morgan fingerprint density at radius 2 is 1.40 bits per heavy atom. The second-order valence-electron chi connectivity index (χ2n) is 8.25. The minimum atomic E-state index is -0.578. The number of anilines is 1. The van der Waals surface area contributed by atoms with E-state index in [4.69, 9.17) is 0 Å². The highest BCUT2D eigenvalue weighted by Gasteiger charge is 2.59. The van der Waals surface area contributed by atoms with E-state index in [-0.39, 0.29) is 36.0 Å². The van der Waals surface area contributed by atoms with E-state index in [2.05, 4.69) is 24.4 Å². The van der Waals surface area contributed by atoms with E-state index in [1.54, 1.807) is 12.1 Å². The summed E-state index contributed by atoms with van der Waals surface area (Å²) in [5.41, 5.74) is 2.88. The maximum atomic E-state index is 12.9. The fourth-order valence-corrected chi connectivity index (χ4v) is 4.71. The molecule has 4 unspecified atom stereocenters. The van der Waals surface area contributed by atoms with Crippen LogP contribution in [-0.2, 0) is 19.2 Å². The Hall–Kier alpha value is -3.28. The van der Waals surface area contributed by atoms with Crippen LogP contribution in [0.15, 0.2) is 54.6 Å². The van der Waals surface area contributed by atoms with E-state index in [1.165, 1.54) is 10.5 Å². The first-order chi connectivity index (χ1) is 14.4. The van der Waals surface area contributed by atoms with Crippen molar-refractivity contribution in [1.82, 2.24) is 5.32 Å². The molecule has 1 saturated carbocycles. The lowest BCUT2D eigenvalue weighted by Gasteiger charge is -2.34. The van der Waals surface area contributed by atoms with Gasteiger partial charge in [-0.05, 0) is 38.3 Å². The maximum absolute atomic E-state index is 12.9. The number of nitrogens with zero attached hydrogens (tertiary/aromatic N) is 1. The van der Waals surface area contributed by atoms with Crippen LogP contribution >= 0.6 is 0 Å². The number of carbonyl (C=O) groups excluding carboxylic acids is 4. The predicted molar refractivity (Wildman–Crippen MR) is 111 cm³/mol. The van der Waals surface area contributed by atoms with Crippen molar-refractivity contribution in [2.45, 2.75) is 26.7 Å². The second kappa shape index (κ2) is 7.86. The third kappa shape index (κ3) is 3.54. The molecule has 0 aromatic heterocycles. The highest BCUT2D eigenvalue weighted by Crippen LogP contribution is 2.49. The number of fused-ring (bicyclic) bond motifs is 5. The van der Waals surface area contributed by atoms with Crippen LogP contribution in [-0.4, -0.2) is 23.6 Å². The van der Waals surface area contributed by atoms with Crippen molar-refractivity contribution in [3.63, 3.8) is 0 Å². The summed E-state index contributed by atoms with van der Waals surface area (Å²) in [6.07, 6.45) is 0.507. The Balaban J connectivity index is 0.000000265. The lowest BCUT2D eigenvalue weighted by Crippen LogP contribution is -2.50. The molecule has 3 aliphatic rings. The summed E-state index contributed by atoms with van der Waals surface area (Å²) in [5.74, 6) is -3.22. The molecule has 0 radical (unpaired) electrons. The minimum Gasteiger partial charge on any atom is -0.296 e. The normalized spacial score (nSPS) is 27.2. The number of aryl methyl sites for hydroxylation is 2. The van der Waals surface area contributed by atoms with Gasteiger partial charge in [0.1, 0.15) is 0 Å². The quantitative estimate of drug-likeness (QED) is 0.741. The van der Waals surface area contributed by atoms with Gasteiger partial charge in [0, 0.05) is 12.3 Å². The number of amides is 4. The zero-order valence-electron chi connectivity index (χ0n) is 17.0. The molecule has 6 nitrogen and oxygen atoms in total. The zero-order chi connectivity index (χ0) is 21.4. The van der Waals surface area contributed by atoms with Crippen molar-refractivity contribution in [2.24, 2.45) is 23.7 Å². The van der Waals surface area contributed by atoms with Gasteiger partial charge >= 0.3 is 0 Å². The van der Waals surface area contributed by atoms with E-state index in [9.17, 15) is 19.2 Å². The Morgan fingerprint density at radius 1 is 0.800 bits per heavy atom. The highest BCUT2D eigenvalue weighted by atomic mass is 16.2. The van der Waals surface area contributed by atoms with Crippen LogP contribution in [0.25, 0.3) is 0 Å². The molecule has 4 atom stereocenters. The standard InChI is InChI=1S/C17H16N2O4.C7H8/c1-8-2-4-9(5-3-8)19-13(20)7-10-11-6-12(14(10)17(19)23)16(22)18-15(11)21;1-7-5-3-2-4-6-7/h2-5,10-12,14H,6-7H2,1H3,(H,18,21,22);2-6H,1H3. The minimum absolute atomic E-state index is 0.131. The molecule has 2 aromatic rings. The monoisotopic (exact) mass is 404 g/mol. The zero-order valence-corrected chi connectivity index (χ0v) is 17.0. The number of imide groups is 2. The van der Waals surface area contributed by atoms with Crippen LogP contribution in [0.4, 0.5) is 5.69 Å². The average molecular weight is 404 g/mol. The molecule has 1 N–H and O–H groups in total. The highest BCUT2D eigenvalue weighted by molar-refractivity contribution is 6.19. The van der Waals surface area contributed by atoms with Crippen molar-refractivity contribution in [1.29, 1.82) is 0 Å². The van der Waals surface area contributed by atoms with Crippen LogP contribution in [0, 0.1) is 37.5 Å². The van der Waals surface area contributed by atoms with E-state index in [0.717, 1.165) is 5.56 Å². The number of rotatable bonds is 1. The van der Waals surface area contributed by atoms with Crippen molar-refractivity contribution < 1.29 is 19.2 Å². The fourth-order valence-electron chi connectivity index (χ4n) is 4.71. The largest absolute Gasteiger partial charge is 0.296 e. The maximum Gasteiger partial charge on any atom is 0.237 e. The van der Waals surface area contributed by atoms with Gasteiger partial charge in [-0.3, -0.25) is 29.4 Å². The molecule has 4 amide bonds. The van der Waals surface area contributed by atoms with Crippen LogP contribution < -0.4 is 10.2 Å². The van der Waals surface area contributed by atoms with Gasteiger partial charge in [0.05, 0.1) is 17.5 Å². The van der Waals surface area contributed by atoms with Crippen molar-refractivity contribution in [3.05, 3.63) is 65.7 Å². The first-order valence-electron chi connectivity index (χ1n) is 10.2. The summed E-state index contributed by atoms with van der Waals surface area (Å²) in [4.78, 5) is 50.6. The number of nitrogens with one attached hydrogen (secondary N) is 1. The van der Waals surface area contributed by atoms with Crippen molar-refractivity contribution in [3.8, 4) is 0 Å². The van der Waals surface area contributed by atoms with Gasteiger partial charge in [0.25, 0.3) is 0 Å². The number of piperidine rings is 2. The topological polar surface area (TPSA) is 83.6 Å². The van der Waals surface area contributed by atoms with Crippen molar-refractivity contribution >= 4 is 29.3 Å². The van der Waals surface area contributed by atoms with Crippen LogP contribution in [0.3, 0.4) is 0 Å². The smallest absolute Gasteiger partial charge is 0.237 e. The number of carbonyl (C=O) groups is 4. The molecule has 154 valence electrons. The molecule has 2 bridgehead atoms. The van der Waals surface area contributed by atoms with Gasteiger partial charge in [-0.2, -0.15) is 0 Å². The Labute approximate surface area is 175 Å². The second-order valence-corrected chi connectivity index (χ2v) is 8.25. The number of hydrogen-bond acceptors (Lipinski definition) is 4. The molecule has 2 aliphatic heterocycles. The molecule has 30 heavy (non-hydrogen) atoms. The molecule has 1 aliphatic carbocycles. The van der Waals surface area contributed by atoms with Gasteiger partial charge in [0.2, 0.25) is 23.6 Å². The van der Waals surface area contributed by atoms with Gasteiger partial charge in [0.15, 0.2) is 0 Å². The van der Waals surface area contributed by atoms with E-state index >= 15 is 0 Å². The molecule has 6 heteroatoms. The summed E-state index contributed by atoms with van der Waals surface area (Å²) >= 11 is 0. The average Bonchev–Trinajstić information content (AvgIpc) is 3.06. The summed E-state index contributed by atoms with van der Waals surface area (Å²) in [6, 6.07) is 17.4. The number of benzene rings is 2. The summed E-state index contributed by atoms with van der Waals surface area (Å²) in [7, 11) is 0. The third-order valence-electron chi connectivity index (χ3n) is 6.24. The molecule has 2 saturated heterocycles. The Morgan fingerprint density at radius 3 is 2.00 bits per heavy atom. The lowest BCUT2D eigenvalue weighted by molar-refractivity contribution is -0.140. The van der Waals surface area contributed by atoms with Crippen LogP contribution in [0.2, 0.25) is 0 Å². The van der Waals surface area contributed by atoms with Crippen LogP contribution in [0.1, 0.15) is 24.0 Å². The first kappa shape index (κ1) is 20.0. The van der Waals surface area contributed by atoms with Gasteiger partial charge < -0.3 is 0 Å². The van der Waals surface area contributed by atoms with Crippen LogP contribution in [0.5, 0.6) is 0 Å². The molecule has 5 rings (SSSR count). The molecule has 0 spiro atoms. The molecular weight excluding hydrogens is 380 g/mol. The SMILES string of the molecule is Cc1ccc(N2C(=O)CC3C4CC(C(=O)NC4=O)C3C2=O)cc1.Cc1ccccc1. The lowest BCUT2D eigenvalue weighted by atomic mass is 9.80. The molecule has 3 fully saturated rings. The summed E-state index contributed by atoms with van der Waals surface area (Å²) < 4.78 is 0. The summed E-state index contributed by atoms with van der Waals surface area (Å²) in [6.45, 7) is 4.01. The summed E-state index contributed by atoms with van der Waals surface area (Å²) in [5, 5.41) is 2.34. The van der Waals surface area contributed by atoms with Gasteiger partial charge in [-0.25, -0.2) is 0 Å². The van der Waals surface area contributed by atoms with E-state index in [1.807, 2.05) is 37.3 Å².